The number of nitrogens with one attached hydrogen (secondary N) is 1. The third-order valence-corrected chi connectivity index (χ3v) is 4.03. The van der Waals surface area contributed by atoms with E-state index in [-0.39, 0.29) is 18.4 Å². The summed E-state index contributed by atoms with van der Waals surface area (Å²) in [5.74, 6) is 0.841. The number of methoxy groups -OCH3 is 1. The van der Waals surface area contributed by atoms with Gasteiger partial charge in [0.1, 0.15) is 18.1 Å². The lowest BCUT2D eigenvalue weighted by Gasteiger charge is -2.18. The molecule has 1 N–H and O–H groups in total. The molecule has 2 amide bonds. The lowest BCUT2D eigenvalue weighted by atomic mass is 10.2. The summed E-state index contributed by atoms with van der Waals surface area (Å²) in [4.78, 5) is 25.6. The summed E-state index contributed by atoms with van der Waals surface area (Å²) in [5.41, 5.74) is 0.340. The summed E-state index contributed by atoms with van der Waals surface area (Å²) >= 11 is 5.96. The quantitative estimate of drug-likeness (QED) is 0.769. The predicted molar refractivity (Wildman–Crippen MR) is 99.9 cm³/mol. The standard InChI is InChI=1S/C19H21ClN2O4/c1-22(11-12-26-15-9-7-14(25-2)8-10-15)18(23)13-21-19(24)16-5-3-4-6-17(16)20/h3-10H,11-13H2,1-2H3,(H,21,24). The molecular formula is C19H21ClN2O4. The number of rotatable bonds is 8. The fourth-order valence-corrected chi connectivity index (χ4v) is 2.35. The van der Waals surface area contributed by atoms with E-state index in [9.17, 15) is 9.59 Å². The van der Waals surface area contributed by atoms with E-state index in [0.29, 0.717) is 29.5 Å². The number of amides is 2. The van der Waals surface area contributed by atoms with Crippen molar-refractivity contribution in [1.82, 2.24) is 10.2 Å². The fourth-order valence-electron chi connectivity index (χ4n) is 2.13. The number of hydrogen-bond donors (Lipinski definition) is 1. The summed E-state index contributed by atoms with van der Waals surface area (Å²) in [7, 11) is 3.25. The zero-order valence-corrected chi connectivity index (χ0v) is 15.5. The molecule has 0 unspecified atom stereocenters. The van der Waals surface area contributed by atoms with Gasteiger partial charge in [-0.2, -0.15) is 0 Å². The summed E-state index contributed by atoms with van der Waals surface area (Å²) in [5, 5.41) is 2.92. The highest BCUT2D eigenvalue weighted by atomic mass is 35.5. The van der Waals surface area contributed by atoms with Gasteiger partial charge in [-0.15, -0.1) is 0 Å². The summed E-state index contributed by atoms with van der Waals surface area (Å²) in [6.07, 6.45) is 0. The number of carbonyl (C=O) groups is 2. The average Bonchev–Trinajstić information content (AvgIpc) is 2.66. The Bertz CT molecular complexity index is 749. The second-order valence-electron chi connectivity index (χ2n) is 5.50. The molecule has 0 aliphatic rings. The third kappa shape index (κ3) is 5.67. The molecule has 0 aliphatic carbocycles. The Balaban J connectivity index is 1.73. The van der Waals surface area contributed by atoms with Gasteiger partial charge in [0.2, 0.25) is 5.91 Å². The molecule has 0 fully saturated rings. The maximum Gasteiger partial charge on any atom is 0.253 e. The lowest BCUT2D eigenvalue weighted by molar-refractivity contribution is -0.129. The number of likely N-dealkylation sites (N-methyl/N-ethyl adjacent to an activating group) is 1. The van der Waals surface area contributed by atoms with Crippen LogP contribution in [0.2, 0.25) is 5.02 Å². The fraction of sp³-hybridized carbons (Fsp3) is 0.263. The molecular weight excluding hydrogens is 356 g/mol. The van der Waals surface area contributed by atoms with Crippen molar-refractivity contribution in [2.75, 3.05) is 33.9 Å². The molecule has 0 radical (unpaired) electrons. The molecule has 2 aromatic rings. The van der Waals surface area contributed by atoms with Crippen LogP contribution in [0, 0.1) is 0 Å². The Morgan fingerprint density at radius 2 is 1.73 bits per heavy atom. The van der Waals surface area contributed by atoms with Gasteiger partial charge in [0, 0.05) is 7.05 Å². The minimum Gasteiger partial charge on any atom is -0.497 e. The molecule has 0 saturated heterocycles. The van der Waals surface area contributed by atoms with Crippen molar-refractivity contribution >= 4 is 23.4 Å². The smallest absolute Gasteiger partial charge is 0.253 e. The molecule has 2 aromatic carbocycles. The van der Waals surface area contributed by atoms with Gasteiger partial charge in [-0.1, -0.05) is 23.7 Å². The molecule has 138 valence electrons. The van der Waals surface area contributed by atoms with E-state index >= 15 is 0 Å². The van der Waals surface area contributed by atoms with E-state index in [4.69, 9.17) is 21.1 Å². The van der Waals surface area contributed by atoms with Crippen molar-refractivity contribution in [1.29, 1.82) is 0 Å². The van der Waals surface area contributed by atoms with Gasteiger partial charge in [0.15, 0.2) is 0 Å². The van der Waals surface area contributed by atoms with Crippen LogP contribution in [0.15, 0.2) is 48.5 Å². The zero-order valence-electron chi connectivity index (χ0n) is 14.7. The monoisotopic (exact) mass is 376 g/mol. The first-order chi connectivity index (χ1) is 12.5. The second-order valence-corrected chi connectivity index (χ2v) is 5.91. The Labute approximate surface area is 157 Å². The highest BCUT2D eigenvalue weighted by Gasteiger charge is 2.13. The summed E-state index contributed by atoms with van der Waals surface area (Å²) in [6, 6.07) is 13.9. The zero-order chi connectivity index (χ0) is 18.9. The second kappa shape index (κ2) is 9.68. The van der Waals surface area contributed by atoms with E-state index in [1.54, 1.807) is 62.7 Å². The normalized spacial score (nSPS) is 10.1. The average molecular weight is 377 g/mol. The van der Waals surface area contributed by atoms with E-state index in [2.05, 4.69) is 5.32 Å². The topological polar surface area (TPSA) is 67.9 Å². The van der Waals surface area contributed by atoms with E-state index in [1.165, 1.54) is 4.90 Å². The number of benzene rings is 2. The molecule has 2 rings (SSSR count). The largest absolute Gasteiger partial charge is 0.497 e. The SMILES string of the molecule is COc1ccc(OCCN(C)C(=O)CNC(=O)c2ccccc2Cl)cc1. The number of nitrogens with zero attached hydrogens (tertiary/aromatic N) is 1. The molecule has 0 aromatic heterocycles. The number of carbonyl (C=O) groups excluding carboxylic acids is 2. The Morgan fingerprint density at radius 1 is 1.08 bits per heavy atom. The van der Waals surface area contributed by atoms with Crippen LogP contribution in [-0.4, -0.2) is 50.6 Å². The minimum absolute atomic E-state index is 0.108. The number of halogens is 1. The Morgan fingerprint density at radius 3 is 2.38 bits per heavy atom. The molecule has 6 nitrogen and oxygen atoms in total. The molecule has 0 bridgehead atoms. The van der Waals surface area contributed by atoms with Crippen LogP contribution in [0.25, 0.3) is 0 Å². The van der Waals surface area contributed by atoms with Crippen LogP contribution in [0.5, 0.6) is 11.5 Å². The van der Waals surface area contributed by atoms with Gasteiger partial charge in [0.25, 0.3) is 5.91 Å². The van der Waals surface area contributed by atoms with Crippen LogP contribution < -0.4 is 14.8 Å². The van der Waals surface area contributed by atoms with Crippen molar-refractivity contribution in [3.63, 3.8) is 0 Å². The molecule has 0 heterocycles. The minimum atomic E-state index is -0.383. The van der Waals surface area contributed by atoms with Crippen LogP contribution in [0.3, 0.4) is 0 Å². The van der Waals surface area contributed by atoms with Crippen LogP contribution in [0.4, 0.5) is 0 Å². The van der Waals surface area contributed by atoms with Crippen molar-refractivity contribution in [2.24, 2.45) is 0 Å². The third-order valence-electron chi connectivity index (χ3n) is 3.70. The van der Waals surface area contributed by atoms with Gasteiger partial charge in [-0.25, -0.2) is 0 Å². The lowest BCUT2D eigenvalue weighted by Crippen LogP contribution is -2.39. The Hall–Kier alpha value is -2.73. The number of ether oxygens (including phenoxy) is 2. The van der Waals surface area contributed by atoms with Gasteiger partial charge in [-0.05, 0) is 36.4 Å². The van der Waals surface area contributed by atoms with Gasteiger partial charge in [0.05, 0.1) is 30.8 Å². The van der Waals surface area contributed by atoms with Gasteiger partial charge >= 0.3 is 0 Å². The number of hydrogen-bond acceptors (Lipinski definition) is 4. The molecule has 0 saturated carbocycles. The van der Waals surface area contributed by atoms with E-state index in [0.717, 1.165) is 5.75 Å². The first kappa shape index (κ1) is 19.6. The van der Waals surface area contributed by atoms with E-state index in [1.807, 2.05) is 0 Å². The van der Waals surface area contributed by atoms with Gasteiger partial charge < -0.3 is 19.7 Å². The maximum atomic E-state index is 12.1. The summed E-state index contributed by atoms with van der Waals surface area (Å²) < 4.78 is 10.7. The van der Waals surface area contributed by atoms with Gasteiger partial charge in [-0.3, -0.25) is 9.59 Å². The van der Waals surface area contributed by atoms with Crippen LogP contribution in [0.1, 0.15) is 10.4 Å². The van der Waals surface area contributed by atoms with Crippen LogP contribution >= 0.6 is 11.6 Å². The maximum absolute atomic E-state index is 12.1. The van der Waals surface area contributed by atoms with E-state index < -0.39 is 0 Å². The molecule has 0 spiro atoms. The Kier molecular flexibility index (Phi) is 7.29. The van der Waals surface area contributed by atoms with Crippen molar-refractivity contribution in [3.8, 4) is 11.5 Å². The van der Waals surface area contributed by atoms with Crippen molar-refractivity contribution in [2.45, 2.75) is 0 Å². The van der Waals surface area contributed by atoms with Crippen LogP contribution in [-0.2, 0) is 4.79 Å². The highest BCUT2D eigenvalue weighted by Crippen LogP contribution is 2.17. The first-order valence-electron chi connectivity index (χ1n) is 8.05. The molecule has 0 aliphatic heterocycles. The summed E-state index contributed by atoms with van der Waals surface area (Å²) in [6.45, 7) is 0.628. The molecule has 0 atom stereocenters. The first-order valence-corrected chi connectivity index (χ1v) is 8.42. The predicted octanol–water partition coefficient (Wildman–Crippen LogP) is 2.62. The van der Waals surface area contributed by atoms with Crippen molar-refractivity contribution in [3.05, 3.63) is 59.1 Å². The van der Waals surface area contributed by atoms with Crippen molar-refractivity contribution < 1.29 is 19.1 Å². The molecule has 26 heavy (non-hydrogen) atoms. The molecule has 7 heteroatoms. The highest BCUT2D eigenvalue weighted by molar-refractivity contribution is 6.33.